The van der Waals surface area contributed by atoms with E-state index >= 15 is 0 Å². The number of aliphatic hydroxyl groups is 2. The minimum Gasteiger partial charge on any atom is -0.392 e. The molecule has 0 bridgehead atoms. The Hall–Kier alpha value is -1.07. The number of nitrogens with zero attached hydrogens (tertiary/aromatic N) is 3. The topological polar surface area (TPSA) is 110 Å². The van der Waals surface area contributed by atoms with Crippen LogP contribution in [0.2, 0.25) is 0 Å². The molecule has 0 amide bonds. The van der Waals surface area contributed by atoms with Crippen molar-refractivity contribution in [2.24, 2.45) is 5.14 Å². The summed E-state index contributed by atoms with van der Waals surface area (Å²) >= 11 is 0. The highest BCUT2D eigenvalue weighted by Gasteiger charge is 2.18. The van der Waals surface area contributed by atoms with E-state index in [0.717, 1.165) is 44.8 Å². The Morgan fingerprint density at radius 1 is 0.857 bits per heavy atom. The van der Waals surface area contributed by atoms with Gasteiger partial charge in [0.15, 0.2) is 0 Å². The molecule has 9 heteroatoms. The van der Waals surface area contributed by atoms with Crippen molar-refractivity contribution >= 4 is 10.0 Å². The summed E-state index contributed by atoms with van der Waals surface area (Å²) in [6.45, 7) is 10.7. The number of β-amino-alcohol motifs (C(OH)–C–C–N with tert-alkyl or cyclic N) is 2. The number of benzene rings is 1. The molecule has 0 aliphatic carbocycles. The second kappa shape index (κ2) is 10.6. The van der Waals surface area contributed by atoms with Crippen molar-refractivity contribution in [3.63, 3.8) is 0 Å². The number of hydrogen-bond acceptors (Lipinski definition) is 7. The minimum absolute atomic E-state index is 0.118. The zero-order chi connectivity index (χ0) is 20.7. The first-order valence-electron chi connectivity index (χ1n) is 9.78. The zero-order valence-electron chi connectivity index (χ0n) is 16.9. The van der Waals surface area contributed by atoms with E-state index in [4.69, 9.17) is 5.14 Å². The van der Waals surface area contributed by atoms with Gasteiger partial charge in [0.05, 0.1) is 17.1 Å². The number of primary sulfonamides is 1. The van der Waals surface area contributed by atoms with Crippen LogP contribution >= 0.6 is 0 Å². The number of hydrogen-bond donors (Lipinski definition) is 3. The first-order chi connectivity index (χ1) is 13.1. The van der Waals surface area contributed by atoms with Crippen LogP contribution < -0.4 is 5.14 Å². The monoisotopic (exact) mass is 414 g/mol. The number of nitrogens with two attached hydrogens (primary N) is 1. The van der Waals surface area contributed by atoms with E-state index in [0.29, 0.717) is 19.6 Å². The van der Waals surface area contributed by atoms with E-state index in [1.807, 2.05) is 0 Å². The fourth-order valence-electron chi connectivity index (χ4n) is 3.50. The lowest BCUT2D eigenvalue weighted by Gasteiger charge is -2.27. The van der Waals surface area contributed by atoms with Crippen LogP contribution in [-0.2, 0) is 16.6 Å². The Bertz CT molecular complexity index is 672. The Kier molecular flexibility index (Phi) is 8.81. The van der Waals surface area contributed by atoms with Crippen molar-refractivity contribution in [3.8, 4) is 0 Å². The smallest absolute Gasteiger partial charge is 0.238 e. The molecule has 2 rings (SSSR count). The first-order valence-corrected chi connectivity index (χ1v) is 11.3. The SMILES string of the molecule is C[C@H](O)CN1CCN(Cc2ccc(S(N)(=O)=O)cc2)CCN(C[C@H](C)O)CC1. The van der Waals surface area contributed by atoms with E-state index in [1.165, 1.54) is 0 Å². The Labute approximate surface area is 168 Å². The lowest BCUT2D eigenvalue weighted by molar-refractivity contribution is 0.102. The van der Waals surface area contributed by atoms with Gasteiger partial charge in [-0.1, -0.05) is 12.1 Å². The predicted octanol–water partition coefficient (Wildman–Crippen LogP) is -0.485. The first kappa shape index (κ1) is 23.2. The lowest BCUT2D eigenvalue weighted by Crippen LogP contribution is -2.41. The second-order valence-corrected chi connectivity index (χ2v) is 9.33. The molecule has 1 saturated heterocycles. The number of aliphatic hydroxyl groups excluding tert-OH is 2. The molecule has 0 aromatic heterocycles. The molecule has 1 aromatic carbocycles. The fourth-order valence-corrected chi connectivity index (χ4v) is 4.01. The van der Waals surface area contributed by atoms with E-state index in [9.17, 15) is 18.6 Å². The van der Waals surface area contributed by atoms with Crippen molar-refractivity contribution in [1.29, 1.82) is 0 Å². The molecule has 1 aliphatic rings. The Balaban J connectivity index is 2.06. The van der Waals surface area contributed by atoms with Gasteiger partial charge in [-0.15, -0.1) is 0 Å². The molecule has 0 saturated carbocycles. The van der Waals surface area contributed by atoms with Gasteiger partial charge in [-0.25, -0.2) is 13.6 Å². The van der Waals surface area contributed by atoms with Crippen LogP contribution in [0.4, 0.5) is 0 Å². The highest BCUT2D eigenvalue weighted by molar-refractivity contribution is 7.89. The van der Waals surface area contributed by atoms with E-state index in [-0.39, 0.29) is 17.1 Å². The predicted molar refractivity (Wildman–Crippen MR) is 109 cm³/mol. The van der Waals surface area contributed by atoms with Crippen LogP contribution in [-0.4, -0.2) is 97.9 Å². The van der Waals surface area contributed by atoms with Gasteiger partial charge in [-0.2, -0.15) is 0 Å². The summed E-state index contributed by atoms with van der Waals surface area (Å²) in [6, 6.07) is 6.68. The van der Waals surface area contributed by atoms with Gasteiger partial charge in [-0.05, 0) is 31.5 Å². The molecule has 1 fully saturated rings. The molecule has 4 N–H and O–H groups in total. The van der Waals surface area contributed by atoms with Gasteiger partial charge < -0.3 is 10.2 Å². The zero-order valence-corrected chi connectivity index (χ0v) is 17.7. The minimum atomic E-state index is -3.68. The molecule has 1 aromatic rings. The van der Waals surface area contributed by atoms with Crippen LogP contribution in [0.3, 0.4) is 0 Å². The van der Waals surface area contributed by atoms with Crippen molar-refractivity contribution in [3.05, 3.63) is 29.8 Å². The summed E-state index contributed by atoms with van der Waals surface area (Å²) in [5.41, 5.74) is 1.02. The molecular weight excluding hydrogens is 380 g/mol. The highest BCUT2D eigenvalue weighted by atomic mass is 32.2. The number of sulfonamides is 1. The summed E-state index contributed by atoms with van der Waals surface area (Å²) in [7, 11) is -3.68. The maximum atomic E-state index is 11.4. The van der Waals surface area contributed by atoms with Crippen molar-refractivity contribution in [1.82, 2.24) is 14.7 Å². The molecule has 160 valence electrons. The Morgan fingerprint density at radius 2 is 1.25 bits per heavy atom. The van der Waals surface area contributed by atoms with Crippen LogP contribution in [0, 0.1) is 0 Å². The molecule has 28 heavy (non-hydrogen) atoms. The fraction of sp³-hybridized carbons (Fsp3) is 0.684. The number of rotatable bonds is 7. The molecule has 0 unspecified atom stereocenters. The second-order valence-electron chi connectivity index (χ2n) is 7.76. The normalized spacial score (nSPS) is 20.9. The van der Waals surface area contributed by atoms with Gasteiger partial charge in [-0.3, -0.25) is 14.7 Å². The largest absolute Gasteiger partial charge is 0.392 e. The van der Waals surface area contributed by atoms with Gasteiger partial charge >= 0.3 is 0 Å². The third-order valence-electron chi connectivity index (χ3n) is 4.90. The van der Waals surface area contributed by atoms with Crippen molar-refractivity contribution in [2.75, 3.05) is 52.4 Å². The summed E-state index contributed by atoms with van der Waals surface area (Å²) < 4.78 is 22.8. The van der Waals surface area contributed by atoms with Gasteiger partial charge in [0, 0.05) is 58.9 Å². The summed E-state index contributed by atoms with van der Waals surface area (Å²) in [5.74, 6) is 0. The third kappa shape index (κ3) is 8.12. The maximum absolute atomic E-state index is 11.4. The summed E-state index contributed by atoms with van der Waals surface area (Å²) in [6.07, 6.45) is -0.768. The quantitative estimate of drug-likeness (QED) is 0.552. The molecule has 0 spiro atoms. The van der Waals surface area contributed by atoms with Crippen LogP contribution in [0.1, 0.15) is 19.4 Å². The highest BCUT2D eigenvalue weighted by Crippen LogP contribution is 2.12. The summed E-state index contributed by atoms with van der Waals surface area (Å²) in [5, 5.41) is 24.7. The van der Waals surface area contributed by atoms with Gasteiger partial charge in [0.1, 0.15) is 0 Å². The molecule has 1 aliphatic heterocycles. The third-order valence-corrected chi connectivity index (χ3v) is 5.83. The lowest BCUT2D eigenvalue weighted by atomic mass is 10.2. The molecular formula is C19H34N4O4S. The van der Waals surface area contributed by atoms with Crippen molar-refractivity contribution < 1.29 is 18.6 Å². The molecule has 2 atom stereocenters. The average Bonchev–Trinajstić information content (AvgIpc) is 2.67. The Morgan fingerprint density at radius 3 is 1.61 bits per heavy atom. The summed E-state index contributed by atoms with van der Waals surface area (Å²) in [4.78, 5) is 6.94. The van der Waals surface area contributed by atoms with Crippen molar-refractivity contribution in [2.45, 2.75) is 37.5 Å². The van der Waals surface area contributed by atoms with E-state index in [1.54, 1.807) is 38.1 Å². The molecule has 8 nitrogen and oxygen atoms in total. The standard InChI is InChI=1S/C19H34N4O4S/c1-16(24)13-21-7-8-22(14-17(2)25)10-12-23(11-9-21)15-18-3-5-19(6-4-18)28(20,26)27/h3-6,16-17,24-25H,7-15H2,1-2H3,(H2,20,26,27)/t16-,17-/m0/s1. The molecule has 0 radical (unpaired) electrons. The maximum Gasteiger partial charge on any atom is 0.238 e. The van der Waals surface area contributed by atoms with E-state index < -0.39 is 10.0 Å². The van der Waals surface area contributed by atoms with Gasteiger partial charge in [0.2, 0.25) is 10.0 Å². The van der Waals surface area contributed by atoms with Crippen LogP contribution in [0.25, 0.3) is 0 Å². The molecule has 1 heterocycles. The van der Waals surface area contributed by atoms with E-state index in [2.05, 4.69) is 14.7 Å². The van der Waals surface area contributed by atoms with Crippen LogP contribution in [0.15, 0.2) is 29.2 Å². The van der Waals surface area contributed by atoms with Crippen LogP contribution in [0.5, 0.6) is 0 Å². The average molecular weight is 415 g/mol. The van der Waals surface area contributed by atoms with Gasteiger partial charge in [0.25, 0.3) is 0 Å².